The van der Waals surface area contributed by atoms with E-state index in [0.29, 0.717) is 0 Å². The molecule has 2 aromatic rings. The maximum Gasteiger partial charge on any atom is 0.116 e. The summed E-state index contributed by atoms with van der Waals surface area (Å²) in [6, 6.07) is 7.07. The van der Waals surface area contributed by atoms with E-state index in [9.17, 15) is 5.11 Å². The van der Waals surface area contributed by atoms with Gasteiger partial charge in [-0.2, -0.15) is 5.10 Å². The normalized spacial score (nSPS) is 10.0. The Morgan fingerprint density at radius 2 is 2.17 bits per heavy atom. The summed E-state index contributed by atoms with van der Waals surface area (Å²) in [6.07, 6.45) is 3.50. The van der Waals surface area contributed by atoms with Gasteiger partial charge in [-0.15, -0.1) is 0 Å². The van der Waals surface area contributed by atoms with Crippen LogP contribution in [0, 0.1) is 0 Å². The van der Waals surface area contributed by atoms with Crippen LogP contribution < -0.4 is 0 Å². The largest absolute Gasteiger partial charge is 0.508 e. The number of aromatic amines is 1. The van der Waals surface area contributed by atoms with Crippen LogP contribution in [0.1, 0.15) is 0 Å². The van der Waals surface area contributed by atoms with Crippen LogP contribution in [0.4, 0.5) is 0 Å². The number of aromatic hydroxyl groups is 1. The van der Waals surface area contributed by atoms with Gasteiger partial charge < -0.3 is 5.11 Å². The number of phenols is 1. The van der Waals surface area contributed by atoms with Crippen molar-refractivity contribution in [1.29, 1.82) is 0 Å². The van der Waals surface area contributed by atoms with Crippen molar-refractivity contribution in [3.63, 3.8) is 0 Å². The standard InChI is InChI=1S/C9H8N2O/c12-9-3-1-2-7(4-9)8-5-10-11-6-8/h1-6,12H,(H,10,11). The minimum Gasteiger partial charge on any atom is -0.508 e. The minimum atomic E-state index is 0.272. The highest BCUT2D eigenvalue weighted by atomic mass is 16.3. The van der Waals surface area contributed by atoms with Crippen molar-refractivity contribution in [1.82, 2.24) is 10.2 Å². The van der Waals surface area contributed by atoms with E-state index in [-0.39, 0.29) is 5.75 Å². The van der Waals surface area contributed by atoms with Gasteiger partial charge >= 0.3 is 0 Å². The topological polar surface area (TPSA) is 48.9 Å². The Morgan fingerprint density at radius 1 is 1.25 bits per heavy atom. The molecule has 3 nitrogen and oxygen atoms in total. The van der Waals surface area contributed by atoms with Crippen molar-refractivity contribution in [2.24, 2.45) is 0 Å². The van der Waals surface area contributed by atoms with Crippen LogP contribution >= 0.6 is 0 Å². The van der Waals surface area contributed by atoms with Crippen molar-refractivity contribution in [2.75, 3.05) is 0 Å². The van der Waals surface area contributed by atoms with E-state index >= 15 is 0 Å². The van der Waals surface area contributed by atoms with Crippen LogP contribution in [0.25, 0.3) is 11.1 Å². The first-order valence-electron chi connectivity index (χ1n) is 3.64. The molecule has 0 aliphatic rings. The summed E-state index contributed by atoms with van der Waals surface area (Å²) in [6.45, 7) is 0. The van der Waals surface area contributed by atoms with Crippen LogP contribution in [0.5, 0.6) is 5.75 Å². The maximum absolute atomic E-state index is 9.18. The molecule has 0 radical (unpaired) electrons. The lowest BCUT2D eigenvalue weighted by atomic mass is 10.1. The third-order valence-electron chi connectivity index (χ3n) is 1.68. The predicted molar refractivity (Wildman–Crippen MR) is 45.7 cm³/mol. The second-order valence-electron chi connectivity index (χ2n) is 2.54. The fraction of sp³-hybridized carbons (Fsp3) is 0. The summed E-state index contributed by atoms with van der Waals surface area (Å²) in [5, 5.41) is 15.7. The molecule has 3 heteroatoms. The Kier molecular flexibility index (Phi) is 1.55. The Morgan fingerprint density at radius 3 is 2.83 bits per heavy atom. The van der Waals surface area contributed by atoms with Crippen LogP contribution in [0.3, 0.4) is 0 Å². The molecule has 1 aromatic carbocycles. The zero-order chi connectivity index (χ0) is 8.39. The Balaban J connectivity index is 2.48. The molecular weight excluding hydrogens is 152 g/mol. The first kappa shape index (κ1) is 6.91. The van der Waals surface area contributed by atoms with E-state index in [4.69, 9.17) is 0 Å². The van der Waals surface area contributed by atoms with Gasteiger partial charge in [0.2, 0.25) is 0 Å². The number of rotatable bonds is 1. The Bertz CT molecular complexity index is 368. The predicted octanol–water partition coefficient (Wildman–Crippen LogP) is 1.78. The molecule has 1 aromatic heterocycles. The van der Waals surface area contributed by atoms with Gasteiger partial charge in [0, 0.05) is 11.8 Å². The highest BCUT2D eigenvalue weighted by molar-refractivity contribution is 5.63. The maximum atomic E-state index is 9.18. The van der Waals surface area contributed by atoms with Gasteiger partial charge in [-0.05, 0) is 17.7 Å². The van der Waals surface area contributed by atoms with Crippen molar-refractivity contribution >= 4 is 0 Å². The van der Waals surface area contributed by atoms with E-state index < -0.39 is 0 Å². The van der Waals surface area contributed by atoms with Gasteiger partial charge in [0.05, 0.1) is 6.20 Å². The van der Waals surface area contributed by atoms with E-state index in [0.717, 1.165) is 11.1 Å². The summed E-state index contributed by atoms with van der Waals surface area (Å²) in [5.41, 5.74) is 1.94. The van der Waals surface area contributed by atoms with Crippen LogP contribution in [-0.2, 0) is 0 Å². The van der Waals surface area contributed by atoms with Gasteiger partial charge in [-0.1, -0.05) is 12.1 Å². The number of H-pyrrole nitrogens is 1. The number of hydrogen-bond donors (Lipinski definition) is 2. The Labute approximate surface area is 69.7 Å². The van der Waals surface area contributed by atoms with Crippen molar-refractivity contribution in [2.45, 2.75) is 0 Å². The van der Waals surface area contributed by atoms with Crippen LogP contribution in [-0.4, -0.2) is 15.3 Å². The minimum absolute atomic E-state index is 0.272. The average molecular weight is 160 g/mol. The van der Waals surface area contributed by atoms with Gasteiger partial charge in [0.25, 0.3) is 0 Å². The Hall–Kier alpha value is -1.77. The second kappa shape index (κ2) is 2.70. The number of benzene rings is 1. The molecule has 0 saturated heterocycles. The SMILES string of the molecule is Oc1cccc(-c2cn[nH]c2)c1. The molecule has 0 spiro atoms. The third kappa shape index (κ3) is 1.16. The molecular formula is C9H8N2O. The zero-order valence-electron chi connectivity index (χ0n) is 6.36. The number of hydrogen-bond acceptors (Lipinski definition) is 2. The lowest BCUT2D eigenvalue weighted by Gasteiger charge is -1.96. The quantitative estimate of drug-likeness (QED) is 0.668. The molecule has 0 aliphatic carbocycles. The first-order valence-corrected chi connectivity index (χ1v) is 3.64. The molecule has 0 bridgehead atoms. The fourth-order valence-corrected chi connectivity index (χ4v) is 1.09. The second-order valence-corrected chi connectivity index (χ2v) is 2.54. The molecule has 2 rings (SSSR count). The first-order chi connectivity index (χ1) is 5.86. The lowest BCUT2D eigenvalue weighted by Crippen LogP contribution is -1.72. The van der Waals surface area contributed by atoms with Crippen molar-refractivity contribution in [3.05, 3.63) is 36.7 Å². The fourth-order valence-electron chi connectivity index (χ4n) is 1.09. The van der Waals surface area contributed by atoms with E-state index in [1.54, 1.807) is 30.6 Å². The lowest BCUT2D eigenvalue weighted by molar-refractivity contribution is 0.475. The number of nitrogens with zero attached hydrogens (tertiary/aromatic N) is 1. The molecule has 0 amide bonds. The molecule has 0 aliphatic heterocycles. The number of nitrogens with one attached hydrogen (secondary N) is 1. The molecule has 0 saturated carbocycles. The summed E-state index contributed by atoms with van der Waals surface area (Å²) < 4.78 is 0. The van der Waals surface area contributed by atoms with Crippen molar-refractivity contribution < 1.29 is 5.11 Å². The summed E-state index contributed by atoms with van der Waals surface area (Å²) in [5.74, 6) is 0.272. The number of aromatic nitrogens is 2. The molecule has 1 heterocycles. The molecule has 0 fully saturated rings. The highest BCUT2D eigenvalue weighted by Crippen LogP contribution is 2.21. The molecule has 0 unspecified atom stereocenters. The van der Waals surface area contributed by atoms with Gasteiger partial charge in [0.15, 0.2) is 0 Å². The van der Waals surface area contributed by atoms with Gasteiger partial charge in [0.1, 0.15) is 5.75 Å². The summed E-state index contributed by atoms with van der Waals surface area (Å²) in [7, 11) is 0. The van der Waals surface area contributed by atoms with E-state index in [1.165, 1.54) is 0 Å². The smallest absolute Gasteiger partial charge is 0.116 e. The highest BCUT2D eigenvalue weighted by Gasteiger charge is 1.97. The van der Waals surface area contributed by atoms with E-state index in [1.807, 2.05) is 6.07 Å². The van der Waals surface area contributed by atoms with Gasteiger partial charge in [-0.25, -0.2) is 0 Å². The molecule has 0 atom stereocenters. The van der Waals surface area contributed by atoms with Crippen molar-refractivity contribution in [3.8, 4) is 16.9 Å². The van der Waals surface area contributed by atoms with Crippen LogP contribution in [0.15, 0.2) is 36.7 Å². The monoisotopic (exact) mass is 160 g/mol. The third-order valence-corrected chi connectivity index (χ3v) is 1.68. The molecule has 12 heavy (non-hydrogen) atoms. The zero-order valence-corrected chi connectivity index (χ0v) is 6.36. The molecule has 2 N–H and O–H groups in total. The summed E-state index contributed by atoms with van der Waals surface area (Å²) in [4.78, 5) is 0. The van der Waals surface area contributed by atoms with Crippen LogP contribution in [0.2, 0.25) is 0 Å². The summed E-state index contributed by atoms with van der Waals surface area (Å²) >= 11 is 0. The number of phenolic OH excluding ortho intramolecular Hbond substituents is 1. The van der Waals surface area contributed by atoms with E-state index in [2.05, 4.69) is 10.2 Å². The van der Waals surface area contributed by atoms with Gasteiger partial charge in [-0.3, -0.25) is 5.10 Å². The average Bonchev–Trinajstić information content (AvgIpc) is 2.56. The molecule has 60 valence electrons.